The molecule has 25 heavy (non-hydrogen) atoms. The van der Waals surface area contributed by atoms with E-state index in [1.165, 1.54) is 6.07 Å². The van der Waals surface area contributed by atoms with E-state index in [1.807, 2.05) is 0 Å². The molecule has 1 heterocycles. The number of anilines is 1. The number of likely N-dealkylation sites (tertiary alicyclic amines) is 1. The third kappa shape index (κ3) is 5.44. The molecule has 0 bridgehead atoms. The van der Waals surface area contributed by atoms with Crippen LogP contribution in [0.3, 0.4) is 0 Å². The smallest absolute Gasteiger partial charge is 0.416 e. The third-order valence-electron chi connectivity index (χ3n) is 3.70. The molecule has 1 aromatic carbocycles. The number of rotatable bonds is 3. The summed E-state index contributed by atoms with van der Waals surface area (Å²) in [7, 11) is 0. The van der Waals surface area contributed by atoms with E-state index < -0.39 is 23.4 Å². The lowest BCUT2D eigenvalue weighted by molar-refractivity contribution is -0.137. The van der Waals surface area contributed by atoms with Gasteiger partial charge >= 0.3 is 12.3 Å². The van der Waals surface area contributed by atoms with E-state index in [2.05, 4.69) is 0 Å². The summed E-state index contributed by atoms with van der Waals surface area (Å²) in [5.41, 5.74) is 4.02. The normalized spacial score (nSPS) is 18.3. The minimum Gasteiger partial charge on any atom is -0.491 e. The van der Waals surface area contributed by atoms with Gasteiger partial charge in [-0.3, -0.25) is 0 Å². The molecule has 2 N–H and O–H groups in total. The van der Waals surface area contributed by atoms with Crippen LogP contribution in [0.1, 0.15) is 39.2 Å². The minimum atomic E-state index is -4.50. The van der Waals surface area contributed by atoms with Crippen LogP contribution in [0, 0.1) is 0 Å². The van der Waals surface area contributed by atoms with Crippen LogP contribution in [0.2, 0.25) is 0 Å². The Balaban J connectivity index is 2.03. The van der Waals surface area contributed by atoms with Gasteiger partial charge in [0.2, 0.25) is 0 Å². The number of amides is 1. The van der Waals surface area contributed by atoms with Crippen molar-refractivity contribution in [3.63, 3.8) is 0 Å². The molecule has 0 unspecified atom stereocenters. The quantitative estimate of drug-likeness (QED) is 0.826. The summed E-state index contributed by atoms with van der Waals surface area (Å²) >= 11 is 0. The van der Waals surface area contributed by atoms with Crippen molar-refractivity contribution in [1.82, 2.24) is 4.90 Å². The topological polar surface area (TPSA) is 64.8 Å². The van der Waals surface area contributed by atoms with Crippen LogP contribution in [-0.4, -0.2) is 35.8 Å². The van der Waals surface area contributed by atoms with Crippen molar-refractivity contribution < 1.29 is 27.4 Å². The SMILES string of the molecule is CC(C)(C)OC(=O)N1CCC[C@@H]1COc1cc(N)cc(C(F)(F)F)c1. The van der Waals surface area contributed by atoms with Gasteiger partial charge in [0.25, 0.3) is 0 Å². The van der Waals surface area contributed by atoms with Crippen LogP contribution in [0.25, 0.3) is 0 Å². The molecule has 8 heteroatoms. The Hall–Kier alpha value is -2.12. The fourth-order valence-corrected chi connectivity index (χ4v) is 2.63. The lowest BCUT2D eigenvalue weighted by Gasteiger charge is -2.28. The predicted octanol–water partition coefficient (Wildman–Crippen LogP) is 4.07. The second-order valence-electron chi connectivity index (χ2n) is 7.07. The summed E-state index contributed by atoms with van der Waals surface area (Å²) in [5.74, 6) is 0.0309. The monoisotopic (exact) mass is 360 g/mol. The van der Waals surface area contributed by atoms with Gasteiger partial charge in [0, 0.05) is 18.3 Å². The van der Waals surface area contributed by atoms with Crippen LogP contribution >= 0.6 is 0 Å². The molecule has 0 aliphatic carbocycles. The van der Waals surface area contributed by atoms with E-state index in [0.29, 0.717) is 13.0 Å². The van der Waals surface area contributed by atoms with Gasteiger partial charge in [0.1, 0.15) is 18.0 Å². The predicted molar refractivity (Wildman–Crippen MR) is 87.3 cm³/mol. The van der Waals surface area contributed by atoms with Crippen molar-refractivity contribution in [2.45, 2.75) is 51.4 Å². The summed E-state index contributed by atoms with van der Waals surface area (Å²) in [6, 6.07) is 2.85. The number of hydrogen-bond acceptors (Lipinski definition) is 4. The average molecular weight is 360 g/mol. The maximum Gasteiger partial charge on any atom is 0.416 e. The molecule has 1 atom stereocenters. The van der Waals surface area contributed by atoms with E-state index in [9.17, 15) is 18.0 Å². The second kappa shape index (κ2) is 7.01. The third-order valence-corrected chi connectivity index (χ3v) is 3.70. The second-order valence-corrected chi connectivity index (χ2v) is 7.07. The zero-order valence-electron chi connectivity index (χ0n) is 14.5. The molecule has 1 saturated heterocycles. The fourth-order valence-electron chi connectivity index (χ4n) is 2.63. The highest BCUT2D eigenvalue weighted by Crippen LogP contribution is 2.33. The highest BCUT2D eigenvalue weighted by molar-refractivity contribution is 5.69. The van der Waals surface area contributed by atoms with Crippen molar-refractivity contribution in [1.29, 1.82) is 0 Å². The molecule has 1 fully saturated rings. The largest absolute Gasteiger partial charge is 0.491 e. The van der Waals surface area contributed by atoms with E-state index in [1.54, 1.807) is 25.7 Å². The van der Waals surface area contributed by atoms with Crippen molar-refractivity contribution >= 4 is 11.8 Å². The van der Waals surface area contributed by atoms with Crippen molar-refractivity contribution in [3.8, 4) is 5.75 Å². The van der Waals surface area contributed by atoms with E-state index in [-0.39, 0.29) is 24.1 Å². The number of hydrogen-bond donors (Lipinski definition) is 1. The van der Waals surface area contributed by atoms with Gasteiger partial charge in [-0.1, -0.05) is 0 Å². The standard InChI is InChI=1S/C17H23F3N2O3/c1-16(2,3)25-15(23)22-6-4-5-13(22)10-24-14-8-11(17(18,19)20)7-12(21)9-14/h7-9,13H,4-6,10,21H2,1-3H3/t13-/m1/s1. The molecular formula is C17H23F3N2O3. The molecule has 0 saturated carbocycles. The van der Waals surface area contributed by atoms with E-state index in [0.717, 1.165) is 18.6 Å². The number of nitrogens with zero attached hydrogens (tertiary/aromatic N) is 1. The number of ether oxygens (including phenoxy) is 2. The summed E-state index contributed by atoms with van der Waals surface area (Å²) in [5, 5.41) is 0. The first kappa shape index (κ1) is 19.2. The number of carbonyl (C=O) groups is 1. The summed E-state index contributed by atoms with van der Waals surface area (Å²) in [6.45, 7) is 5.95. The molecule has 1 aromatic rings. The number of carbonyl (C=O) groups excluding carboxylic acids is 1. The van der Waals surface area contributed by atoms with Crippen LogP contribution in [-0.2, 0) is 10.9 Å². The molecule has 1 aliphatic rings. The Labute approximate surface area is 144 Å². The zero-order valence-corrected chi connectivity index (χ0v) is 14.5. The summed E-state index contributed by atoms with van der Waals surface area (Å²) in [6.07, 6.45) is -3.45. The average Bonchev–Trinajstić information content (AvgIpc) is 2.90. The first-order valence-corrected chi connectivity index (χ1v) is 8.06. The molecule has 1 amide bonds. The maximum atomic E-state index is 12.8. The van der Waals surface area contributed by atoms with Crippen molar-refractivity contribution in [2.24, 2.45) is 0 Å². The minimum absolute atomic E-state index is 0.0276. The van der Waals surface area contributed by atoms with Crippen molar-refractivity contribution in [2.75, 3.05) is 18.9 Å². The Morgan fingerprint density at radius 3 is 2.56 bits per heavy atom. The molecule has 1 aliphatic heterocycles. The van der Waals surface area contributed by atoms with Crippen LogP contribution < -0.4 is 10.5 Å². The number of nitrogen functional groups attached to an aromatic ring is 1. The Morgan fingerprint density at radius 1 is 1.28 bits per heavy atom. The highest BCUT2D eigenvalue weighted by atomic mass is 19.4. The molecule has 140 valence electrons. The number of benzene rings is 1. The number of nitrogens with two attached hydrogens (primary N) is 1. The Kier molecular flexibility index (Phi) is 5.39. The molecule has 0 aromatic heterocycles. The number of halogens is 3. The first-order valence-electron chi connectivity index (χ1n) is 8.06. The first-order chi connectivity index (χ1) is 11.5. The zero-order chi connectivity index (χ0) is 18.8. The lowest BCUT2D eigenvalue weighted by Crippen LogP contribution is -2.42. The molecule has 5 nitrogen and oxygen atoms in total. The number of alkyl halides is 3. The van der Waals surface area contributed by atoms with Gasteiger partial charge in [0.15, 0.2) is 0 Å². The molecule has 0 spiro atoms. The fraction of sp³-hybridized carbons (Fsp3) is 0.588. The lowest BCUT2D eigenvalue weighted by atomic mass is 10.2. The molecule has 2 rings (SSSR count). The Morgan fingerprint density at radius 2 is 1.96 bits per heavy atom. The van der Waals surface area contributed by atoms with E-state index in [4.69, 9.17) is 15.2 Å². The van der Waals surface area contributed by atoms with Crippen LogP contribution in [0.5, 0.6) is 5.75 Å². The maximum absolute atomic E-state index is 12.8. The van der Waals surface area contributed by atoms with Crippen LogP contribution in [0.15, 0.2) is 18.2 Å². The van der Waals surface area contributed by atoms with Gasteiger partial charge in [0.05, 0.1) is 11.6 Å². The highest BCUT2D eigenvalue weighted by Gasteiger charge is 2.33. The van der Waals surface area contributed by atoms with Crippen LogP contribution in [0.4, 0.5) is 23.7 Å². The molecule has 0 radical (unpaired) electrons. The summed E-state index contributed by atoms with van der Waals surface area (Å²) < 4.78 is 49.3. The van der Waals surface area contributed by atoms with Gasteiger partial charge < -0.3 is 20.1 Å². The van der Waals surface area contributed by atoms with Gasteiger partial charge in [-0.05, 0) is 45.7 Å². The van der Waals surface area contributed by atoms with Crippen molar-refractivity contribution in [3.05, 3.63) is 23.8 Å². The van der Waals surface area contributed by atoms with E-state index >= 15 is 0 Å². The summed E-state index contributed by atoms with van der Waals surface area (Å²) in [4.78, 5) is 13.8. The Bertz CT molecular complexity index is 627. The molecular weight excluding hydrogens is 337 g/mol. The van der Waals surface area contributed by atoms with Gasteiger partial charge in [-0.15, -0.1) is 0 Å². The van der Waals surface area contributed by atoms with Gasteiger partial charge in [-0.2, -0.15) is 13.2 Å². The van der Waals surface area contributed by atoms with Gasteiger partial charge in [-0.25, -0.2) is 4.79 Å².